The Morgan fingerprint density at radius 2 is 1.97 bits per heavy atom. The van der Waals surface area contributed by atoms with Crippen LogP contribution in [0.5, 0.6) is 0 Å². The number of carbonyl (C=O) groups excluding carboxylic acids is 3. The van der Waals surface area contributed by atoms with Gasteiger partial charge < -0.3 is 36.5 Å². The van der Waals surface area contributed by atoms with Gasteiger partial charge in [-0.15, -0.1) is 0 Å². The molecule has 1 aliphatic rings. The van der Waals surface area contributed by atoms with Crippen molar-refractivity contribution in [2.45, 2.75) is 50.4 Å². The van der Waals surface area contributed by atoms with Gasteiger partial charge in [-0.25, -0.2) is 4.79 Å². The standard InChI is InChI=1S/C22H29N5O6/c1-12(28)19(22(32)33)26-20(30)16(9-13-11-24-15-6-3-2-5-14(13)15)25-21(31)17-7-4-8-27(17)18(29)10-23/h2-3,5-6,11-12,16-17,19,24,28H,4,7-10,23H2,1H3,(H,25,31)(H,26,30)(H,32,33). The molecule has 4 unspecified atom stereocenters. The summed E-state index contributed by atoms with van der Waals surface area (Å²) in [7, 11) is 0. The zero-order valence-electron chi connectivity index (χ0n) is 18.3. The van der Waals surface area contributed by atoms with Crippen LogP contribution in [0.2, 0.25) is 0 Å². The van der Waals surface area contributed by atoms with Gasteiger partial charge in [-0.05, 0) is 31.4 Å². The number of nitrogens with two attached hydrogens (primary N) is 1. The molecule has 1 aromatic carbocycles. The summed E-state index contributed by atoms with van der Waals surface area (Å²) in [6.07, 6.45) is 1.52. The Morgan fingerprint density at radius 3 is 2.64 bits per heavy atom. The minimum absolute atomic E-state index is 0.0747. The number of para-hydroxylation sites is 1. The fourth-order valence-corrected chi connectivity index (χ4v) is 4.10. The van der Waals surface area contributed by atoms with Gasteiger partial charge in [0.25, 0.3) is 0 Å². The Balaban J connectivity index is 1.84. The Morgan fingerprint density at radius 1 is 1.24 bits per heavy atom. The van der Waals surface area contributed by atoms with Crippen LogP contribution in [0.1, 0.15) is 25.3 Å². The third-order valence-electron chi connectivity index (χ3n) is 5.83. The molecule has 0 spiro atoms. The summed E-state index contributed by atoms with van der Waals surface area (Å²) in [6.45, 7) is 1.43. The number of carboxylic acid groups (broad SMARTS) is 1. The highest BCUT2D eigenvalue weighted by atomic mass is 16.4. The summed E-state index contributed by atoms with van der Waals surface area (Å²) in [5, 5.41) is 24.9. The van der Waals surface area contributed by atoms with Crippen LogP contribution in [0, 0.1) is 0 Å². The van der Waals surface area contributed by atoms with E-state index in [2.05, 4.69) is 15.6 Å². The van der Waals surface area contributed by atoms with Crippen LogP contribution in [-0.2, 0) is 25.6 Å². The number of carboxylic acids is 1. The van der Waals surface area contributed by atoms with E-state index in [1.807, 2.05) is 24.3 Å². The first-order valence-corrected chi connectivity index (χ1v) is 10.8. The van der Waals surface area contributed by atoms with E-state index < -0.39 is 42.0 Å². The van der Waals surface area contributed by atoms with Crippen molar-refractivity contribution in [1.82, 2.24) is 20.5 Å². The molecule has 1 aromatic heterocycles. The Bertz CT molecular complexity index is 1040. The average molecular weight is 460 g/mol. The number of aromatic nitrogens is 1. The molecule has 0 saturated carbocycles. The zero-order valence-corrected chi connectivity index (χ0v) is 18.3. The van der Waals surface area contributed by atoms with E-state index in [4.69, 9.17) is 5.73 Å². The topological polar surface area (TPSA) is 178 Å². The van der Waals surface area contributed by atoms with Crippen molar-refractivity contribution >= 4 is 34.6 Å². The number of H-pyrrole nitrogens is 1. The lowest BCUT2D eigenvalue weighted by molar-refractivity contribution is -0.145. The molecular weight excluding hydrogens is 430 g/mol. The molecule has 3 rings (SSSR count). The fourth-order valence-electron chi connectivity index (χ4n) is 4.10. The summed E-state index contributed by atoms with van der Waals surface area (Å²) in [5.74, 6) is -3.02. The van der Waals surface area contributed by atoms with E-state index in [1.54, 1.807) is 6.20 Å². The number of hydrogen-bond acceptors (Lipinski definition) is 6. The highest BCUT2D eigenvalue weighted by molar-refractivity contribution is 5.94. The number of benzene rings is 1. The first kappa shape index (κ1) is 24.2. The monoisotopic (exact) mass is 459 g/mol. The smallest absolute Gasteiger partial charge is 0.328 e. The maximum atomic E-state index is 13.0. The van der Waals surface area contributed by atoms with Gasteiger partial charge in [0.1, 0.15) is 12.1 Å². The van der Waals surface area contributed by atoms with Crippen molar-refractivity contribution in [3.8, 4) is 0 Å². The maximum Gasteiger partial charge on any atom is 0.328 e. The SMILES string of the molecule is CC(O)C(NC(=O)C(Cc1c[nH]c2ccccc12)NC(=O)C1CCCN1C(=O)CN)C(=O)O. The first-order valence-electron chi connectivity index (χ1n) is 10.8. The molecule has 33 heavy (non-hydrogen) atoms. The number of likely N-dealkylation sites (tertiary alicyclic amines) is 1. The number of nitrogens with zero attached hydrogens (tertiary/aromatic N) is 1. The molecule has 0 aliphatic carbocycles. The number of nitrogens with one attached hydrogen (secondary N) is 3. The van der Waals surface area contributed by atoms with E-state index >= 15 is 0 Å². The Labute approximate surface area is 190 Å². The second kappa shape index (κ2) is 10.5. The number of aliphatic hydroxyl groups is 1. The molecule has 1 saturated heterocycles. The van der Waals surface area contributed by atoms with Crippen LogP contribution in [0.3, 0.4) is 0 Å². The quantitative estimate of drug-likeness (QED) is 0.281. The van der Waals surface area contributed by atoms with Crippen LogP contribution in [0.15, 0.2) is 30.5 Å². The van der Waals surface area contributed by atoms with Crippen LogP contribution < -0.4 is 16.4 Å². The highest BCUT2D eigenvalue weighted by Crippen LogP contribution is 2.21. The molecule has 0 radical (unpaired) electrons. The molecule has 4 atom stereocenters. The lowest BCUT2D eigenvalue weighted by atomic mass is 10.0. The summed E-state index contributed by atoms with van der Waals surface area (Å²) >= 11 is 0. The minimum atomic E-state index is -1.54. The van der Waals surface area contributed by atoms with Crippen molar-refractivity contribution in [1.29, 1.82) is 0 Å². The molecule has 2 aromatic rings. The predicted molar refractivity (Wildman–Crippen MR) is 119 cm³/mol. The van der Waals surface area contributed by atoms with Crippen molar-refractivity contribution < 1.29 is 29.4 Å². The second-order valence-electron chi connectivity index (χ2n) is 8.14. The van der Waals surface area contributed by atoms with Gasteiger partial charge >= 0.3 is 5.97 Å². The number of hydrogen-bond donors (Lipinski definition) is 6. The van der Waals surface area contributed by atoms with Crippen LogP contribution in [0.25, 0.3) is 10.9 Å². The van der Waals surface area contributed by atoms with Gasteiger partial charge in [0, 0.05) is 30.1 Å². The lowest BCUT2D eigenvalue weighted by Crippen LogP contribution is -2.57. The van der Waals surface area contributed by atoms with Crippen LogP contribution in [-0.4, -0.2) is 81.1 Å². The average Bonchev–Trinajstić information content (AvgIpc) is 3.43. The van der Waals surface area contributed by atoms with E-state index in [9.17, 15) is 29.4 Å². The second-order valence-corrected chi connectivity index (χ2v) is 8.14. The summed E-state index contributed by atoms with van der Waals surface area (Å²) in [4.78, 5) is 54.1. The maximum absolute atomic E-state index is 13.0. The number of fused-ring (bicyclic) bond motifs is 1. The molecule has 1 aliphatic heterocycles. The lowest BCUT2D eigenvalue weighted by Gasteiger charge is -2.27. The van der Waals surface area contributed by atoms with Gasteiger partial charge in [0.05, 0.1) is 12.6 Å². The van der Waals surface area contributed by atoms with E-state index in [0.717, 1.165) is 16.5 Å². The van der Waals surface area contributed by atoms with Crippen molar-refractivity contribution in [3.05, 3.63) is 36.0 Å². The summed E-state index contributed by atoms with van der Waals surface area (Å²) < 4.78 is 0. The van der Waals surface area contributed by atoms with Crippen molar-refractivity contribution in [2.75, 3.05) is 13.1 Å². The third kappa shape index (κ3) is 5.49. The Kier molecular flexibility index (Phi) is 7.67. The molecule has 11 heteroatoms. The summed E-state index contributed by atoms with van der Waals surface area (Å²) in [5.41, 5.74) is 7.04. The van der Waals surface area contributed by atoms with Crippen molar-refractivity contribution in [3.63, 3.8) is 0 Å². The number of aromatic amines is 1. The molecule has 2 heterocycles. The molecular formula is C22H29N5O6. The normalized spacial score (nSPS) is 18.5. The van der Waals surface area contributed by atoms with Gasteiger partial charge in [0.2, 0.25) is 17.7 Å². The van der Waals surface area contributed by atoms with Gasteiger partial charge in [-0.1, -0.05) is 18.2 Å². The Hall–Kier alpha value is -3.44. The first-order chi connectivity index (χ1) is 15.7. The fraction of sp³-hybridized carbons (Fsp3) is 0.455. The van der Waals surface area contributed by atoms with Crippen LogP contribution >= 0.6 is 0 Å². The molecule has 11 nitrogen and oxygen atoms in total. The summed E-state index contributed by atoms with van der Waals surface area (Å²) in [6, 6.07) is 4.01. The van der Waals surface area contributed by atoms with Gasteiger partial charge in [0.15, 0.2) is 6.04 Å². The van der Waals surface area contributed by atoms with E-state index in [-0.39, 0.29) is 18.9 Å². The van der Waals surface area contributed by atoms with Crippen molar-refractivity contribution in [2.24, 2.45) is 5.73 Å². The number of aliphatic carboxylic acids is 1. The van der Waals surface area contributed by atoms with Crippen LogP contribution in [0.4, 0.5) is 0 Å². The number of aliphatic hydroxyl groups excluding tert-OH is 1. The third-order valence-corrected chi connectivity index (χ3v) is 5.83. The molecule has 178 valence electrons. The molecule has 7 N–H and O–H groups in total. The molecule has 0 bridgehead atoms. The predicted octanol–water partition coefficient (Wildman–Crippen LogP) is -0.905. The van der Waals surface area contributed by atoms with E-state index in [1.165, 1.54) is 11.8 Å². The molecule has 3 amide bonds. The van der Waals surface area contributed by atoms with E-state index in [0.29, 0.717) is 19.4 Å². The minimum Gasteiger partial charge on any atom is -0.480 e. The van der Waals surface area contributed by atoms with Gasteiger partial charge in [-0.3, -0.25) is 14.4 Å². The molecule has 1 fully saturated rings. The highest BCUT2D eigenvalue weighted by Gasteiger charge is 2.36. The zero-order chi connectivity index (χ0) is 24.1. The number of carbonyl (C=O) groups is 4. The van der Waals surface area contributed by atoms with Gasteiger partial charge in [-0.2, -0.15) is 0 Å². The largest absolute Gasteiger partial charge is 0.480 e. The number of rotatable bonds is 9. The number of amides is 3.